The van der Waals surface area contributed by atoms with Gasteiger partial charge in [0.1, 0.15) is 0 Å². The average molecular weight is 329 g/mol. The number of para-hydroxylation sites is 1. The molecule has 128 valence electrons. The molecule has 1 aliphatic carbocycles. The lowest BCUT2D eigenvalue weighted by Crippen LogP contribution is -2.14. The van der Waals surface area contributed by atoms with E-state index in [4.69, 9.17) is 9.47 Å². The third-order valence-corrected chi connectivity index (χ3v) is 4.78. The van der Waals surface area contributed by atoms with E-state index in [0.717, 1.165) is 22.9 Å². The first-order valence-electron chi connectivity index (χ1n) is 8.52. The van der Waals surface area contributed by atoms with Crippen molar-refractivity contribution in [3.8, 4) is 0 Å². The van der Waals surface area contributed by atoms with Gasteiger partial charge in [0.25, 0.3) is 0 Å². The van der Waals surface area contributed by atoms with E-state index < -0.39 is 0 Å². The number of nitrogens with zero attached hydrogens (tertiary/aromatic N) is 1. The van der Waals surface area contributed by atoms with E-state index in [1.165, 1.54) is 37.4 Å². The second kappa shape index (κ2) is 7.51. The highest BCUT2D eigenvalue weighted by molar-refractivity contribution is 5.93. The van der Waals surface area contributed by atoms with Crippen LogP contribution in [0, 0.1) is 5.92 Å². The molecule has 1 heterocycles. The molecule has 0 N–H and O–H groups in total. The summed E-state index contributed by atoms with van der Waals surface area (Å²) in [5.41, 5.74) is 1.52. The number of methoxy groups -OCH3 is 1. The molecular formula is C19H23NO4. The fourth-order valence-electron chi connectivity index (χ4n) is 3.45. The first-order valence-corrected chi connectivity index (χ1v) is 8.52. The third-order valence-electron chi connectivity index (χ3n) is 4.78. The van der Waals surface area contributed by atoms with Crippen LogP contribution in [-0.2, 0) is 20.7 Å². The zero-order valence-corrected chi connectivity index (χ0v) is 14.0. The van der Waals surface area contributed by atoms with Gasteiger partial charge in [-0.05, 0) is 24.0 Å². The molecule has 5 heteroatoms. The molecule has 24 heavy (non-hydrogen) atoms. The van der Waals surface area contributed by atoms with E-state index in [1.54, 1.807) is 6.20 Å². The fourth-order valence-corrected chi connectivity index (χ4v) is 3.45. The molecule has 1 saturated carbocycles. The van der Waals surface area contributed by atoms with E-state index >= 15 is 0 Å². The summed E-state index contributed by atoms with van der Waals surface area (Å²) in [5, 5.41) is 0.871. The summed E-state index contributed by atoms with van der Waals surface area (Å²) in [4.78, 5) is 24.0. The molecule has 1 aliphatic rings. The molecule has 0 bridgehead atoms. The standard InChI is InChI=1S/C19H23NO4/c1-23-18(21)12-15-13-20(17-9-5-4-8-16(15)17)19(22)24-11-10-14-6-2-3-7-14/h4-5,8-9,13-14H,2-3,6-7,10-12H2,1H3. The first kappa shape index (κ1) is 16.6. The summed E-state index contributed by atoms with van der Waals surface area (Å²) < 4.78 is 11.7. The number of benzene rings is 1. The van der Waals surface area contributed by atoms with E-state index in [-0.39, 0.29) is 18.5 Å². The van der Waals surface area contributed by atoms with Crippen LogP contribution in [0.4, 0.5) is 4.79 Å². The molecular weight excluding hydrogens is 306 g/mol. The predicted octanol–water partition coefficient (Wildman–Crippen LogP) is 3.92. The zero-order valence-electron chi connectivity index (χ0n) is 14.0. The maximum atomic E-state index is 12.4. The summed E-state index contributed by atoms with van der Waals surface area (Å²) in [7, 11) is 1.36. The van der Waals surface area contributed by atoms with Crippen molar-refractivity contribution in [3.63, 3.8) is 0 Å². The minimum atomic E-state index is -0.389. The van der Waals surface area contributed by atoms with Crippen molar-refractivity contribution in [2.45, 2.75) is 38.5 Å². The molecule has 0 spiro atoms. The second-order valence-electron chi connectivity index (χ2n) is 6.35. The lowest BCUT2D eigenvalue weighted by molar-refractivity contribution is -0.139. The first-order chi connectivity index (χ1) is 11.7. The lowest BCUT2D eigenvalue weighted by Gasteiger charge is -2.10. The molecule has 0 radical (unpaired) electrons. The third kappa shape index (κ3) is 3.61. The van der Waals surface area contributed by atoms with Crippen molar-refractivity contribution in [2.24, 2.45) is 5.92 Å². The van der Waals surface area contributed by atoms with Gasteiger partial charge in [-0.2, -0.15) is 0 Å². The van der Waals surface area contributed by atoms with Crippen molar-refractivity contribution in [1.82, 2.24) is 4.57 Å². The molecule has 1 aromatic heterocycles. The molecule has 2 aromatic rings. The Bertz CT molecular complexity index is 728. The van der Waals surface area contributed by atoms with Crippen LogP contribution in [0.1, 0.15) is 37.7 Å². The lowest BCUT2D eigenvalue weighted by atomic mass is 10.1. The number of ether oxygens (including phenoxy) is 2. The maximum absolute atomic E-state index is 12.4. The predicted molar refractivity (Wildman–Crippen MR) is 91.0 cm³/mol. The number of hydrogen-bond acceptors (Lipinski definition) is 4. The molecule has 0 saturated heterocycles. The molecule has 5 nitrogen and oxygen atoms in total. The summed E-state index contributed by atoms with van der Waals surface area (Å²) in [6.45, 7) is 0.447. The monoisotopic (exact) mass is 329 g/mol. The van der Waals surface area contributed by atoms with Crippen molar-refractivity contribution in [2.75, 3.05) is 13.7 Å². The molecule has 1 fully saturated rings. The van der Waals surface area contributed by atoms with E-state index in [1.807, 2.05) is 24.3 Å². The van der Waals surface area contributed by atoms with Crippen LogP contribution >= 0.6 is 0 Å². The minimum Gasteiger partial charge on any atom is -0.469 e. The number of carbonyl (C=O) groups is 2. The maximum Gasteiger partial charge on any atom is 0.418 e. The highest BCUT2D eigenvalue weighted by atomic mass is 16.5. The summed E-state index contributed by atoms with van der Waals surface area (Å²) in [6, 6.07) is 7.51. The normalized spacial score (nSPS) is 14.9. The van der Waals surface area contributed by atoms with Crippen molar-refractivity contribution in [3.05, 3.63) is 36.0 Å². The quantitative estimate of drug-likeness (QED) is 0.780. The van der Waals surface area contributed by atoms with Crippen LogP contribution < -0.4 is 0 Å². The van der Waals surface area contributed by atoms with Crippen LogP contribution in [0.15, 0.2) is 30.5 Å². The number of hydrogen-bond donors (Lipinski definition) is 0. The Kier molecular flexibility index (Phi) is 5.18. The molecule has 1 aromatic carbocycles. The zero-order chi connectivity index (χ0) is 16.9. The topological polar surface area (TPSA) is 57.5 Å². The van der Waals surface area contributed by atoms with E-state index in [0.29, 0.717) is 12.5 Å². The number of rotatable bonds is 5. The van der Waals surface area contributed by atoms with Gasteiger partial charge in [-0.25, -0.2) is 4.79 Å². The Balaban J connectivity index is 1.72. The van der Waals surface area contributed by atoms with Gasteiger partial charge < -0.3 is 9.47 Å². The van der Waals surface area contributed by atoms with Crippen LogP contribution in [0.2, 0.25) is 0 Å². The van der Waals surface area contributed by atoms with Crippen LogP contribution in [0.3, 0.4) is 0 Å². The number of aromatic nitrogens is 1. The number of fused-ring (bicyclic) bond motifs is 1. The van der Waals surface area contributed by atoms with Gasteiger partial charge in [0.2, 0.25) is 0 Å². The highest BCUT2D eigenvalue weighted by Crippen LogP contribution is 2.27. The van der Waals surface area contributed by atoms with Crippen molar-refractivity contribution < 1.29 is 19.1 Å². The average Bonchev–Trinajstić information content (AvgIpc) is 3.23. The van der Waals surface area contributed by atoms with Crippen molar-refractivity contribution >= 4 is 23.0 Å². The number of esters is 1. The molecule has 0 unspecified atom stereocenters. The SMILES string of the molecule is COC(=O)Cc1cn(C(=O)OCCC2CCCC2)c2ccccc12. The number of carbonyl (C=O) groups excluding carboxylic acids is 2. The Hall–Kier alpha value is -2.30. The van der Waals surface area contributed by atoms with Crippen LogP contribution in [-0.4, -0.2) is 30.3 Å². The van der Waals surface area contributed by atoms with Gasteiger partial charge >= 0.3 is 12.1 Å². The van der Waals surface area contributed by atoms with E-state index in [9.17, 15) is 9.59 Å². The smallest absolute Gasteiger partial charge is 0.418 e. The molecule has 0 aliphatic heterocycles. The second-order valence-corrected chi connectivity index (χ2v) is 6.35. The molecule has 3 rings (SSSR count). The largest absolute Gasteiger partial charge is 0.469 e. The van der Waals surface area contributed by atoms with Gasteiger partial charge in [0.05, 0.1) is 25.7 Å². The summed E-state index contributed by atoms with van der Waals surface area (Å²) in [6.07, 6.45) is 7.43. The Labute approximate surface area is 141 Å². The Morgan fingerprint density at radius 3 is 2.71 bits per heavy atom. The summed E-state index contributed by atoms with van der Waals surface area (Å²) >= 11 is 0. The van der Waals surface area contributed by atoms with Crippen LogP contribution in [0.5, 0.6) is 0 Å². The van der Waals surface area contributed by atoms with Gasteiger partial charge in [-0.3, -0.25) is 9.36 Å². The van der Waals surface area contributed by atoms with Gasteiger partial charge in [-0.15, -0.1) is 0 Å². The van der Waals surface area contributed by atoms with Gasteiger partial charge in [0.15, 0.2) is 0 Å². The van der Waals surface area contributed by atoms with Crippen molar-refractivity contribution in [1.29, 1.82) is 0 Å². The molecule has 0 amide bonds. The Morgan fingerprint density at radius 2 is 1.96 bits per heavy atom. The van der Waals surface area contributed by atoms with Gasteiger partial charge in [0, 0.05) is 11.6 Å². The fraction of sp³-hybridized carbons (Fsp3) is 0.474. The van der Waals surface area contributed by atoms with E-state index in [2.05, 4.69) is 0 Å². The summed E-state index contributed by atoms with van der Waals surface area (Å²) in [5.74, 6) is 0.363. The molecule has 0 atom stereocenters. The Morgan fingerprint density at radius 1 is 1.21 bits per heavy atom. The minimum absolute atomic E-state index is 0.138. The van der Waals surface area contributed by atoms with Gasteiger partial charge in [-0.1, -0.05) is 43.9 Å². The highest BCUT2D eigenvalue weighted by Gasteiger charge is 2.18. The van der Waals surface area contributed by atoms with Crippen LogP contribution in [0.25, 0.3) is 10.9 Å².